The normalized spacial score (nSPS) is 38.1. The van der Waals surface area contributed by atoms with Gasteiger partial charge in [-0.1, -0.05) is 59.2 Å². The molecular weight excluding hydrogens is 434 g/mol. The number of rotatable bonds is 2. The van der Waals surface area contributed by atoms with Crippen LogP contribution in [-0.2, 0) is 6.42 Å². The number of benzene rings is 1. The standard InChI is InChI=1S/C35H41N/c1-2-10-24-21-25(18-17-23(24)9-1)36-26-19-20-30-29-13-5-8-16-33(29)35(34(30)22-26)31-14-6-3-11-27(31)28-12-4-7-15-32(28)35/h1,3-4,9,11-12,17-18,21,26-27,30-31,34,36H,2,5-8,10,13-16,19-20,22H2. The topological polar surface area (TPSA) is 12.0 Å². The van der Waals surface area contributed by atoms with Gasteiger partial charge in [0, 0.05) is 23.1 Å². The first kappa shape index (κ1) is 21.8. The number of aryl methyl sites for hydroxylation is 1. The molecule has 6 atom stereocenters. The third-order valence-corrected chi connectivity index (χ3v) is 11.4. The lowest BCUT2D eigenvalue weighted by molar-refractivity contribution is 0.0934. The molecule has 36 heavy (non-hydrogen) atoms. The van der Waals surface area contributed by atoms with E-state index in [1.54, 1.807) is 5.57 Å². The highest BCUT2D eigenvalue weighted by atomic mass is 14.9. The highest BCUT2D eigenvalue weighted by Crippen LogP contribution is 2.72. The van der Waals surface area contributed by atoms with Crippen molar-refractivity contribution in [2.75, 3.05) is 5.32 Å². The molecule has 7 aliphatic rings. The van der Waals surface area contributed by atoms with Crippen LogP contribution in [0.4, 0.5) is 5.69 Å². The molecule has 0 bridgehead atoms. The van der Waals surface area contributed by atoms with Crippen LogP contribution in [0.5, 0.6) is 0 Å². The molecule has 0 aromatic heterocycles. The van der Waals surface area contributed by atoms with E-state index in [9.17, 15) is 0 Å². The van der Waals surface area contributed by atoms with E-state index in [-0.39, 0.29) is 0 Å². The maximum atomic E-state index is 4.09. The molecule has 1 saturated carbocycles. The van der Waals surface area contributed by atoms with Crippen LogP contribution in [0.2, 0.25) is 0 Å². The van der Waals surface area contributed by atoms with Crippen LogP contribution in [0.3, 0.4) is 0 Å². The van der Waals surface area contributed by atoms with Crippen LogP contribution >= 0.6 is 0 Å². The van der Waals surface area contributed by atoms with E-state index in [4.69, 9.17) is 0 Å². The molecule has 1 heteroatoms. The predicted octanol–water partition coefficient (Wildman–Crippen LogP) is 8.96. The van der Waals surface area contributed by atoms with E-state index in [0.717, 1.165) is 17.8 Å². The van der Waals surface area contributed by atoms with Crippen molar-refractivity contribution in [2.24, 2.45) is 29.1 Å². The molecule has 0 amide bonds. The van der Waals surface area contributed by atoms with Crippen molar-refractivity contribution in [1.29, 1.82) is 0 Å². The van der Waals surface area contributed by atoms with Crippen molar-refractivity contribution in [2.45, 2.75) is 89.5 Å². The second kappa shape index (κ2) is 8.37. The first-order valence-corrected chi connectivity index (χ1v) is 15.2. The second-order valence-electron chi connectivity index (χ2n) is 12.8. The van der Waals surface area contributed by atoms with Gasteiger partial charge in [0.25, 0.3) is 0 Å². The van der Waals surface area contributed by atoms with E-state index in [1.165, 1.54) is 100 Å². The number of hydrogen-bond acceptors (Lipinski definition) is 1. The quantitative estimate of drug-likeness (QED) is 0.421. The molecule has 1 nitrogen and oxygen atoms in total. The zero-order chi connectivity index (χ0) is 23.7. The minimum atomic E-state index is 0.386. The van der Waals surface area contributed by atoms with Crippen LogP contribution in [-0.4, -0.2) is 6.04 Å². The van der Waals surface area contributed by atoms with Gasteiger partial charge in [-0.05, 0) is 130 Å². The van der Waals surface area contributed by atoms with Gasteiger partial charge >= 0.3 is 0 Å². The molecule has 6 unspecified atom stereocenters. The molecule has 1 aromatic rings. The Morgan fingerprint density at radius 1 is 0.778 bits per heavy atom. The summed E-state index contributed by atoms with van der Waals surface area (Å²) in [5.41, 5.74) is 12.3. The van der Waals surface area contributed by atoms with Gasteiger partial charge < -0.3 is 5.32 Å². The summed E-state index contributed by atoms with van der Waals surface area (Å²) in [6.07, 6.45) is 32.2. The molecular formula is C35H41N. The largest absolute Gasteiger partial charge is 0.382 e. The molecule has 8 rings (SSSR count). The third kappa shape index (κ3) is 3.01. The lowest BCUT2D eigenvalue weighted by atomic mass is 9.55. The Kier molecular flexibility index (Phi) is 5.06. The Labute approximate surface area is 217 Å². The fraction of sp³-hybridized carbons (Fsp3) is 0.543. The second-order valence-corrected chi connectivity index (χ2v) is 12.8. The maximum Gasteiger partial charge on any atom is 0.0345 e. The summed E-state index contributed by atoms with van der Waals surface area (Å²) in [4.78, 5) is 0. The molecule has 0 heterocycles. The SMILES string of the molecule is C1=CC2=C(CC1)C1(C3=C(CCCC3)C3CCC(Nc4ccc5c(c4)CCC=C5)CC31)C1CCC=CC21. The number of fused-ring (bicyclic) bond motifs is 9. The van der Waals surface area contributed by atoms with Crippen molar-refractivity contribution in [1.82, 2.24) is 0 Å². The van der Waals surface area contributed by atoms with Gasteiger partial charge in [0.05, 0.1) is 0 Å². The summed E-state index contributed by atoms with van der Waals surface area (Å²) < 4.78 is 0. The maximum absolute atomic E-state index is 4.09. The van der Waals surface area contributed by atoms with E-state index in [1.807, 2.05) is 16.7 Å². The smallest absolute Gasteiger partial charge is 0.0345 e. The van der Waals surface area contributed by atoms with Gasteiger partial charge in [-0.25, -0.2) is 0 Å². The van der Waals surface area contributed by atoms with Crippen LogP contribution in [0.1, 0.15) is 88.2 Å². The molecule has 0 saturated heterocycles. The molecule has 0 radical (unpaired) electrons. The number of nitrogens with one attached hydrogen (secondary N) is 1. The monoisotopic (exact) mass is 475 g/mol. The Morgan fingerprint density at radius 2 is 1.69 bits per heavy atom. The van der Waals surface area contributed by atoms with Crippen molar-refractivity contribution in [3.05, 3.63) is 82.0 Å². The average Bonchev–Trinajstić information content (AvgIpc) is 3.40. The lowest BCUT2D eigenvalue weighted by Gasteiger charge is -2.49. The summed E-state index contributed by atoms with van der Waals surface area (Å²) >= 11 is 0. The lowest BCUT2D eigenvalue weighted by Crippen LogP contribution is -2.44. The molecule has 1 spiro atoms. The number of hydrogen-bond donors (Lipinski definition) is 1. The van der Waals surface area contributed by atoms with Gasteiger partial charge in [0.1, 0.15) is 0 Å². The van der Waals surface area contributed by atoms with Crippen molar-refractivity contribution >= 4 is 11.8 Å². The van der Waals surface area contributed by atoms with Crippen molar-refractivity contribution in [3.63, 3.8) is 0 Å². The predicted molar refractivity (Wildman–Crippen MR) is 151 cm³/mol. The zero-order valence-electron chi connectivity index (χ0n) is 21.8. The fourth-order valence-electron chi connectivity index (χ4n) is 10.2. The number of anilines is 1. The number of allylic oxidation sites excluding steroid dienone is 9. The summed E-state index contributed by atoms with van der Waals surface area (Å²) in [5, 5.41) is 4.09. The van der Waals surface area contributed by atoms with E-state index < -0.39 is 0 Å². The summed E-state index contributed by atoms with van der Waals surface area (Å²) in [7, 11) is 0. The summed E-state index contributed by atoms with van der Waals surface area (Å²) in [6.45, 7) is 0. The van der Waals surface area contributed by atoms with Gasteiger partial charge in [-0.15, -0.1) is 0 Å². The molecule has 1 N–H and O–H groups in total. The van der Waals surface area contributed by atoms with Crippen LogP contribution < -0.4 is 5.32 Å². The van der Waals surface area contributed by atoms with Gasteiger partial charge in [-0.3, -0.25) is 0 Å². The fourth-order valence-corrected chi connectivity index (χ4v) is 10.2. The molecule has 186 valence electrons. The third-order valence-electron chi connectivity index (χ3n) is 11.4. The highest BCUT2D eigenvalue weighted by molar-refractivity contribution is 5.62. The minimum absolute atomic E-state index is 0.386. The van der Waals surface area contributed by atoms with Gasteiger partial charge in [0.2, 0.25) is 0 Å². The Morgan fingerprint density at radius 3 is 2.69 bits per heavy atom. The van der Waals surface area contributed by atoms with Crippen molar-refractivity contribution in [3.8, 4) is 0 Å². The van der Waals surface area contributed by atoms with E-state index >= 15 is 0 Å². The van der Waals surface area contributed by atoms with Gasteiger partial charge in [-0.2, -0.15) is 0 Å². The van der Waals surface area contributed by atoms with Gasteiger partial charge in [0.15, 0.2) is 0 Å². The Hall–Kier alpha value is -2.28. The molecule has 7 aliphatic carbocycles. The molecule has 0 aliphatic heterocycles. The van der Waals surface area contributed by atoms with Crippen LogP contribution in [0, 0.1) is 29.1 Å². The summed E-state index contributed by atoms with van der Waals surface area (Å²) in [5.74, 6) is 3.19. The van der Waals surface area contributed by atoms with Crippen LogP contribution in [0.25, 0.3) is 6.08 Å². The van der Waals surface area contributed by atoms with E-state index in [2.05, 4.69) is 60.0 Å². The average molecular weight is 476 g/mol. The first-order chi connectivity index (χ1) is 17.8. The van der Waals surface area contributed by atoms with E-state index in [0.29, 0.717) is 17.4 Å². The van der Waals surface area contributed by atoms with Crippen LogP contribution in [0.15, 0.2) is 70.9 Å². The first-order valence-electron chi connectivity index (χ1n) is 15.2. The minimum Gasteiger partial charge on any atom is -0.382 e. The Bertz CT molecular complexity index is 1240. The molecule has 1 aromatic carbocycles. The zero-order valence-corrected chi connectivity index (χ0v) is 21.8. The highest BCUT2D eigenvalue weighted by Gasteiger charge is 2.64. The Balaban J connectivity index is 1.18. The van der Waals surface area contributed by atoms with Crippen molar-refractivity contribution < 1.29 is 0 Å². The molecule has 1 fully saturated rings. The summed E-state index contributed by atoms with van der Waals surface area (Å²) in [6, 6.07) is 7.77.